The Morgan fingerprint density at radius 3 is 2.32 bits per heavy atom. The summed E-state index contributed by atoms with van der Waals surface area (Å²) in [6, 6.07) is 4.29. The van der Waals surface area contributed by atoms with Crippen molar-refractivity contribution >= 4 is 23.9 Å². The van der Waals surface area contributed by atoms with Gasteiger partial charge < -0.3 is 19.7 Å². The summed E-state index contributed by atoms with van der Waals surface area (Å²) in [6.07, 6.45) is 0. The number of fused-ring (bicyclic) bond motifs is 1. The van der Waals surface area contributed by atoms with Crippen molar-refractivity contribution in [1.29, 1.82) is 0 Å². The smallest absolute Gasteiger partial charge is 0.335 e. The summed E-state index contributed by atoms with van der Waals surface area (Å²) in [5.74, 6) is -8.69. The molecule has 0 saturated heterocycles. The van der Waals surface area contributed by atoms with Crippen molar-refractivity contribution in [2.24, 2.45) is 5.92 Å². The second-order valence-corrected chi connectivity index (χ2v) is 4.80. The molecule has 1 aliphatic rings. The monoisotopic (exact) mass is 308 g/mol. The molecule has 8 nitrogen and oxygen atoms in total. The average Bonchev–Trinajstić information content (AvgIpc) is 2.71. The fourth-order valence-corrected chi connectivity index (χ4v) is 2.55. The summed E-state index contributed by atoms with van der Waals surface area (Å²) < 4.78 is 9.44. The van der Waals surface area contributed by atoms with Crippen molar-refractivity contribution in [1.82, 2.24) is 0 Å². The highest BCUT2D eigenvalue weighted by Crippen LogP contribution is 2.46. The number of carbonyl (C=O) groups excluding carboxylic acids is 2. The van der Waals surface area contributed by atoms with Gasteiger partial charge in [0.25, 0.3) is 0 Å². The maximum Gasteiger partial charge on any atom is 0.335 e. The lowest BCUT2D eigenvalue weighted by Crippen LogP contribution is -2.54. The minimum atomic E-state index is -2.58. The van der Waals surface area contributed by atoms with Crippen molar-refractivity contribution in [2.45, 2.75) is 12.3 Å². The zero-order valence-corrected chi connectivity index (χ0v) is 11.7. The minimum Gasteiger partial charge on any atom is -0.481 e. The van der Waals surface area contributed by atoms with Crippen LogP contribution in [0.4, 0.5) is 0 Å². The Labute approximate surface area is 124 Å². The molecule has 1 atom stereocenters. The number of carbonyl (C=O) groups is 4. The molecule has 0 amide bonds. The fraction of sp³-hybridized carbons (Fsp3) is 0.286. The van der Waals surface area contributed by atoms with Crippen LogP contribution in [0.3, 0.4) is 0 Å². The Kier molecular flexibility index (Phi) is 3.62. The van der Waals surface area contributed by atoms with Gasteiger partial charge in [-0.25, -0.2) is 4.79 Å². The number of aliphatic carboxylic acids is 2. The predicted molar refractivity (Wildman–Crippen MR) is 69.3 cm³/mol. The number of ether oxygens (including phenoxy) is 2. The zero-order chi connectivity index (χ0) is 16.7. The Bertz CT molecular complexity index is 668. The van der Waals surface area contributed by atoms with Crippen LogP contribution in [0.2, 0.25) is 0 Å². The Balaban J connectivity index is 2.85. The van der Waals surface area contributed by atoms with E-state index in [-0.39, 0.29) is 11.3 Å². The number of carboxylic acids is 2. The second-order valence-electron chi connectivity index (χ2n) is 4.80. The first-order valence-electron chi connectivity index (χ1n) is 6.14. The number of hydrogen-bond acceptors (Lipinski definition) is 6. The molecular formula is C14H12O8. The van der Waals surface area contributed by atoms with E-state index in [0.29, 0.717) is 5.56 Å². The molecule has 1 heterocycles. The van der Waals surface area contributed by atoms with E-state index >= 15 is 0 Å². The quantitative estimate of drug-likeness (QED) is 0.456. The van der Waals surface area contributed by atoms with Crippen LogP contribution in [0, 0.1) is 12.8 Å². The third-order valence-corrected chi connectivity index (χ3v) is 3.52. The van der Waals surface area contributed by atoms with Gasteiger partial charge in [-0.2, -0.15) is 0 Å². The van der Waals surface area contributed by atoms with Gasteiger partial charge in [0.15, 0.2) is 5.92 Å². The first kappa shape index (κ1) is 15.5. The topological polar surface area (TPSA) is 127 Å². The molecule has 0 aromatic heterocycles. The second kappa shape index (κ2) is 5.14. The Morgan fingerprint density at radius 2 is 1.82 bits per heavy atom. The minimum absolute atomic E-state index is 0.0616. The van der Waals surface area contributed by atoms with Crippen LogP contribution in [0.15, 0.2) is 18.2 Å². The van der Waals surface area contributed by atoms with Gasteiger partial charge in [-0.05, 0) is 13.0 Å². The molecule has 0 spiro atoms. The number of hydrogen-bond donors (Lipinski definition) is 2. The van der Waals surface area contributed by atoms with E-state index in [0.717, 1.165) is 7.11 Å². The van der Waals surface area contributed by atoms with Crippen LogP contribution in [-0.2, 0) is 29.3 Å². The molecule has 2 rings (SSSR count). The maximum atomic E-state index is 12.3. The molecule has 22 heavy (non-hydrogen) atoms. The van der Waals surface area contributed by atoms with Crippen molar-refractivity contribution in [2.75, 3.05) is 7.11 Å². The summed E-state index contributed by atoms with van der Waals surface area (Å²) in [7, 11) is 0.936. The summed E-state index contributed by atoms with van der Waals surface area (Å²) in [5, 5.41) is 18.5. The molecule has 0 bridgehead atoms. The first-order chi connectivity index (χ1) is 10.3. The molecule has 0 aliphatic carbocycles. The Morgan fingerprint density at radius 1 is 1.23 bits per heavy atom. The highest BCUT2D eigenvalue weighted by Gasteiger charge is 2.66. The fourth-order valence-electron chi connectivity index (χ4n) is 2.55. The van der Waals surface area contributed by atoms with Gasteiger partial charge in [-0.15, -0.1) is 0 Å². The van der Waals surface area contributed by atoms with E-state index in [4.69, 9.17) is 4.74 Å². The van der Waals surface area contributed by atoms with E-state index < -0.39 is 35.2 Å². The van der Waals surface area contributed by atoms with Crippen molar-refractivity contribution in [3.05, 3.63) is 29.3 Å². The predicted octanol–water partition coefficient (Wildman–Crippen LogP) is 0.110. The lowest BCUT2D eigenvalue weighted by atomic mass is 9.70. The van der Waals surface area contributed by atoms with E-state index in [1.807, 2.05) is 0 Å². The normalized spacial score (nSPS) is 19.5. The molecule has 1 aromatic carbocycles. The van der Waals surface area contributed by atoms with Crippen LogP contribution in [0.1, 0.15) is 11.1 Å². The summed E-state index contributed by atoms with van der Waals surface area (Å²) in [5.41, 5.74) is -2.10. The first-order valence-corrected chi connectivity index (χ1v) is 6.14. The molecule has 116 valence electrons. The van der Waals surface area contributed by atoms with E-state index in [2.05, 4.69) is 4.74 Å². The number of benzene rings is 1. The maximum absolute atomic E-state index is 12.3. The van der Waals surface area contributed by atoms with E-state index in [1.165, 1.54) is 12.1 Å². The molecule has 0 radical (unpaired) electrons. The third-order valence-electron chi connectivity index (χ3n) is 3.52. The number of esters is 2. The van der Waals surface area contributed by atoms with Gasteiger partial charge in [-0.1, -0.05) is 17.7 Å². The summed E-state index contributed by atoms with van der Waals surface area (Å²) >= 11 is 0. The van der Waals surface area contributed by atoms with Crippen LogP contribution in [0.5, 0.6) is 5.75 Å². The number of aryl methyl sites for hydroxylation is 1. The van der Waals surface area contributed by atoms with Crippen LogP contribution < -0.4 is 4.74 Å². The van der Waals surface area contributed by atoms with Gasteiger partial charge in [-0.3, -0.25) is 14.4 Å². The number of methoxy groups -OCH3 is 1. The highest BCUT2D eigenvalue weighted by atomic mass is 16.6. The van der Waals surface area contributed by atoms with Gasteiger partial charge in [0.2, 0.25) is 5.41 Å². The van der Waals surface area contributed by atoms with Crippen molar-refractivity contribution < 1.29 is 38.9 Å². The van der Waals surface area contributed by atoms with Crippen LogP contribution in [0.25, 0.3) is 0 Å². The van der Waals surface area contributed by atoms with Crippen LogP contribution in [-0.4, -0.2) is 41.2 Å². The zero-order valence-electron chi connectivity index (χ0n) is 11.7. The standard InChI is InChI=1S/C14H12O8/c1-6-3-4-8-7(5-6)14(12(19)21-2,13(20)22-8)9(10(15)16)11(17)18/h3-5,9H,1-2H3,(H,15,16)(H,17,18). The number of rotatable bonds is 4. The van der Waals surface area contributed by atoms with E-state index in [9.17, 15) is 29.4 Å². The van der Waals surface area contributed by atoms with E-state index in [1.54, 1.807) is 13.0 Å². The largest absolute Gasteiger partial charge is 0.481 e. The lowest BCUT2D eigenvalue weighted by Gasteiger charge is -2.26. The summed E-state index contributed by atoms with van der Waals surface area (Å²) in [6.45, 7) is 1.64. The molecule has 0 fully saturated rings. The Hall–Kier alpha value is -2.90. The van der Waals surface area contributed by atoms with Crippen molar-refractivity contribution in [3.8, 4) is 5.75 Å². The average molecular weight is 308 g/mol. The molecular weight excluding hydrogens is 296 g/mol. The lowest BCUT2D eigenvalue weighted by molar-refractivity contribution is -0.173. The number of carboxylic acid groups (broad SMARTS) is 2. The summed E-state index contributed by atoms with van der Waals surface area (Å²) in [4.78, 5) is 47.3. The molecule has 8 heteroatoms. The van der Waals surface area contributed by atoms with Crippen LogP contribution >= 0.6 is 0 Å². The molecule has 0 saturated carbocycles. The highest BCUT2D eigenvalue weighted by molar-refractivity contribution is 6.18. The molecule has 1 aliphatic heterocycles. The molecule has 1 unspecified atom stereocenters. The third kappa shape index (κ3) is 1.92. The van der Waals surface area contributed by atoms with Crippen molar-refractivity contribution in [3.63, 3.8) is 0 Å². The molecule has 1 aromatic rings. The SMILES string of the molecule is COC(=O)C1(C(C(=O)O)C(=O)O)C(=O)Oc2ccc(C)cc21. The van der Waals surface area contributed by atoms with Gasteiger partial charge >= 0.3 is 23.9 Å². The van der Waals surface area contributed by atoms with Gasteiger partial charge in [0.05, 0.1) is 7.11 Å². The van der Waals surface area contributed by atoms with Gasteiger partial charge in [0.1, 0.15) is 5.75 Å². The molecule has 2 N–H and O–H groups in total. The van der Waals surface area contributed by atoms with Gasteiger partial charge in [0, 0.05) is 5.56 Å².